The fraction of sp³-hybridized carbons (Fsp3) is 0.167. The first-order valence-corrected chi connectivity index (χ1v) is 10.1. The van der Waals surface area contributed by atoms with Crippen LogP contribution in [0.15, 0.2) is 72.8 Å². The molecule has 0 radical (unpaired) electrons. The second-order valence-electron chi connectivity index (χ2n) is 7.29. The highest BCUT2D eigenvalue weighted by Crippen LogP contribution is 2.33. The van der Waals surface area contributed by atoms with Gasteiger partial charge in [-0.05, 0) is 43.3 Å². The first kappa shape index (κ1) is 22.2. The molecule has 170 valence electrons. The summed E-state index contributed by atoms with van der Waals surface area (Å²) in [5.74, 6) is 0.754. The fourth-order valence-electron chi connectivity index (χ4n) is 3.24. The highest BCUT2D eigenvalue weighted by atomic mass is 19.4. The molecular weight excluding hydrogens is 435 g/mol. The highest BCUT2D eigenvalue weighted by Gasteiger charge is 2.33. The monoisotopic (exact) mass is 455 g/mol. The van der Waals surface area contributed by atoms with Gasteiger partial charge in [-0.1, -0.05) is 36.4 Å². The number of nitrogens with one attached hydrogen (secondary N) is 2. The number of aromatic nitrogens is 2. The zero-order valence-electron chi connectivity index (χ0n) is 17.5. The maximum atomic E-state index is 13.2. The van der Waals surface area contributed by atoms with Crippen molar-refractivity contribution >= 4 is 22.6 Å². The molecule has 0 spiro atoms. The number of anilines is 1. The van der Waals surface area contributed by atoms with E-state index in [-0.39, 0.29) is 18.0 Å². The predicted octanol–water partition coefficient (Wildman–Crippen LogP) is 5.57. The van der Waals surface area contributed by atoms with Gasteiger partial charge in [0.2, 0.25) is 0 Å². The summed E-state index contributed by atoms with van der Waals surface area (Å²) in [5.41, 5.74) is -0.0857. The number of carbonyl (C=O) groups excluding carboxylic acids is 1. The van der Waals surface area contributed by atoms with Crippen LogP contribution in [0.2, 0.25) is 0 Å². The van der Waals surface area contributed by atoms with E-state index < -0.39 is 23.8 Å². The summed E-state index contributed by atoms with van der Waals surface area (Å²) in [5, 5.41) is 10.2. The van der Waals surface area contributed by atoms with Gasteiger partial charge in [0, 0.05) is 10.9 Å². The molecule has 0 aliphatic carbocycles. The number of benzene rings is 3. The number of rotatable bonds is 7. The number of amides is 1. The smallest absolute Gasteiger partial charge is 0.416 e. The van der Waals surface area contributed by atoms with Crippen LogP contribution < -0.4 is 14.8 Å². The number of halogens is 3. The molecule has 4 rings (SSSR count). The van der Waals surface area contributed by atoms with E-state index in [1.807, 2.05) is 6.07 Å². The molecule has 0 saturated heterocycles. The van der Waals surface area contributed by atoms with Crippen molar-refractivity contribution in [3.63, 3.8) is 0 Å². The van der Waals surface area contributed by atoms with Crippen LogP contribution in [0.3, 0.4) is 0 Å². The molecule has 2 N–H and O–H groups in total. The van der Waals surface area contributed by atoms with Gasteiger partial charge in [0.1, 0.15) is 18.1 Å². The zero-order valence-corrected chi connectivity index (χ0v) is 17.5. The molecule has 1 atom stereocenters. The Labute approximate surface area is 187 Å². The van der Waals surface area contributed by atoms with Gasteiger partial charge in [-0.25, -0.2) is 0 Å². The second-order valence-corrected chi connectivity index (χ2v) is 7.29. The normalized spacial score (nSPS) is 12.4. The lowest BCUT2D eigenvalue weighted by atomic mass is 10.1. The topological polar surface area (TPSA) is 76.2 Å². The molecule has 0 aliphatic heterocycles. The van der Waals surface area contributed by atoms with Gasteiger partial charge >= 0.3 is 6.18 Å². The summed E-state index contributed by atoms with van der Waals surface area (Å²) in [7, 11) is 0. The Morgan fingerprint density at radius 2 is 1.76 bits per heavy atom. The Kier molecular flexibility index (Phi) is 6.21. The van der Waals surface area contributed by atoms with Crippen LogP contribution >= 0.6 is 0 Å². The van der Waals surface area contributed by atoms with Crippen LogP contribution in [0.5, 0.6) is 11.5 Å². The second kappa shape index (κ2) is 9.23. The van der Waals surface area contributed by atoms with Crippen molar-refractivity contribution in [3.8, 4) is 11.5 Å². The minimum absolute atomic E-state index is 0.0257. The molecule has 9 heteroatoms. The molecule has 0 saturated carbocycles. The summed E-state index contributed by atoms with van der Waals surface area (Å²) < 4.78 is 50.8. The van der Waals surface area contributed by atoms with Crippen LogP contribution in [0.1, 0.15) is 18.1 Å². The highest BCUT2D eigenvalue weighted by molar-refractivity contribution is 6.01. The van der Waals surface area contributed by atoms with E-state index in [0.29, 0.717) is 22.4 Å². The van der Waals surface area contributed by atoms with Gasteiger partial charge in [-0.3, -0.25) is 9.89 Å². The molecule has 1 amide bonds. The average Bonchev–Trinajstić information content (AvgIpc) is 3.20. The molecule has 1 aromatic heterocycles. The molecule has 0 bridgehead atoms. The first-order valence-electron chi connectivity index (χ1n) is 10.1. The minimum atomic E-state index is -4.47. The Morgan fingerprint density at radius 1 is 1.03 bits per heavy atom. The number of H-pyrrole nitrogens is 1. The number of aromatic amines is 1. The molecule has 1 unspecified atom stereocenters. The molecule has 4 aromatic rings. The van der Waals surface area contributed by atoms with E-state index in [9.17, 15) is 18.0 Å². The Morgan fingerprint density at radius 3 is 2.52 bits per heavy atom. The Hall–Kier alpha value is -4.01. The van der Waals surface area contributed by atoms with Crippen molar-refractivity contribution in [1.82, 2.24) is 10.2 Å². The Bertz CT molecular complexity index is 1260. The van der Waals surface area contributed by atoms with Gasteiger partial charge in [0.05, 0.1) is 11.1 Å². The van der Waals surface area contributed by atoms with E-state index in [4.69, 9.17) is 9.47 Å². The SMILES string of the molecule is CC(Oc1ccccc1)C(=O)Nc1n[nH]c2ccc(OCc3ccccc3C(F)(F)F)cc12. The van der Waals surface area contributed by atoms with Crippen LogP contribution in [0, 0.1) is 0 Å². The van der Waals surface area contributed by atoms with Crippen LogP contribution in [0.4, 0.5) is 19.0 Å². The lowest BCUT2D eigenvalue weighted by molar-refractivity contribution is -0.138. The van der Waals surface area contributed by atoms with Gasteiger partial charge in [0.25, 0.3) is 5.91 Å². The van der Waals surface area contributed by atoms with Crippen molar-refractivity contribution in [2.24, 2.45) is 0 Å². The van der Waals surface area contributed by atoms with E-state index in [1.165, 1.54) is 18.2 Å². The molecule has 1 heterocycles. The van der Waals surface area contributed by atoms with E-state index >= 15 is 0 Å². The number of nitrogens with zero attached hydrogens (tertiary/aromatic N) is 1. The maximum absolute atomic E-state index is 13.2. The van der Waals surface area contributed by atoms with Crippen LogP contribution in [-0.4, -0.2) is 22.2 Å². The molecular formula is C24H20F3N3O3. The zero-order chi connectivity index (χ0) is 23.4. The van der Waals surface area contributed by atoms with Gasteiger partial charge in [-0.2, -0.15) is 18.3 Å². The quantitative estimate of drug-likeness (QED) is 0.382. The summed E-state index contributed by atoms with van der Waals surface area (Å²) in [6.45, 7) is 1.35. The minimum Gasteiger partial charge on any atom is -0.489 e. The number of hydrogen-bond acceptors (Lipinski definition) is 4. The summed E-state index contributed by atoms with van der Waals surface area (Å²) in [4.78, 5) is 12.6. The van der Waals surface area contributed by atoms with Crippen molar-refractivity contribution in [2.45, 2.75) is 25.8 Å². The standard InChI is InChI=1S/C24H20F3N3O3/c1-15(33-17-8-3-2-4-9-17)23(31)28-22-19-13-18(11-12-21(19)29-30-22)32-14-16-7-5-6-10-20(16)24(25,26)27/h2-13,15H,14H2,1H3,(H2,28,29,30,31). The van der Waals surface area contributed by atoms with Crippen molar-refractivity contribution < 1.29 is 27.4 Å². The number of hydrogen-bond donors (Lipinski definition) is 2. The lowest BCUT2D eigenvalue weighted by Gasteiger charge is -2.14. The number of fused-ring (bicyclic) bond motifs is 1. The number of para-hydroxylation sites is 1. The lowest BCUT2D eigenvalue weighted by Crippen LogP contribution is -2.30. The van der Waals surface area contributed by atoms with Crippen LogP contribution in [0.25, 0.3) is 10.9 Å². The summed E-state index contributed by atoms with van der Waals surface area (Å²) >= 11 is 0. The molecule has 0 aliphatic rings. The number of alkyl halides is 3. The number of carbonyl (C=O) groups is 1. The number of ether oxygens (including phenoxy) is 2. The first-order chi connectivity index (χ1) is 15.8. The van der Waals surface area contributed by atoms with Crippen molar-refractivity contribution in [1.29, 1.82) is 0 Å². The van der Waals surface area contributed by atoms with E-state index in [0.717, 1.165) is 6.07 Å². The van der Waals surface area contributed by atoms with E-state index in [2.05, 4.69) is 15.5 Å². The summed E-state index contributed by atoms with van der Waals surface area (Å²) in [6.07, 6.45) is -5.25. The Balaban J connectivity index is 1.47. The summed E-state index contributed by atoms with van der Waals surface area (Å²) in [6, 6.07) is 19.1. The average molecular weight is 455 g/mol. The molecule has 33 heavy (non-hydrogen) atoms. The third-order valence-electron chi connectivity index (χ3n) is 4.92. The van der Waals surface area contributed by atoms with Gasteiger partial charge < -0.3 is 14.8 Å². The third kappa shape index (κ3) is 5.25. The predicted molar refractivity (Wildman–Crippen MR) is 117 cm³/mol. The van der Waals surface area contributed by atoms with Crippen LogP contribution in [-0.2, 0) is 17.6 Å². The fourth-order valence-corrected chi connectivity index (χ4v) is 3.24. The van der Waals surface area contributed by atoms with Gasteiger partial charge in [-0.15, -0.1) is 0 Å². The third-order valence-corrected chi connectivity index (χ3v) is 4.92. The molecule has 3 aromatic carbocycles. The molecule has 0 fully saturated rings. The van der Waals surface area contributed by atoms with E-state index in [1.54, 1.807) is 49.4 Å². The largest absolute Gasteiger partial charge is 0.489 e. The maximum Gasteiger partial charge on any atom is 0.416 e. The molecule has 6 nitrogen and oxygen atoms in total. The van der Waals surface area contributed by atoms with Gasteiger partial charge in [0.15, 0.2) is 11.9 Å². The van der Waals surface area contributed by atoms with Crippen molar-refractivity contribution in [2.75, 3.05) is 5.32 Å². The van der Waals surface area contributed by atoms with Crippen molar-refractivity contribution in [3.05, 3.63) is 83.9 Å².